The number of halogens is 1. The van der Waals surface area contributed by atoms with Gasteiger partial charge in [-0.2, -0.15) is 5.26 Å². The number of para-hydroxylation sites is 1. The van der Waals surface area contributed by atoms with Gasteiger partial charge in [-0.1, -0.05) is 47.1 Å². The van der Waals surface area contributed by atoms with Crippen LogP contribution in [-0.2, 0) is 11.8 Å². The minimum absolute atomic E-state index is 0.558. The summed E-state index contributed by atoms with van der Waals surface area (Å²) in [5.41, 5.74) is 2.76. The summed E-state index contributed by atoms with van der Waals surface area (Å²) in [5, 5.41) is 9.93. The molecule has 0 radical (unpaired) electrons. The molecule has 0 aliphatic carbocycles. The molecule has 0 atom stereocenters. The van der Waals surface area contributed by atoms with Crippen molar-refractivity contribution in [1.82, 2.24) is 0 Å². The number of rotatable bonds is 4. The molecule has 0 unspecified atom stereocenters. The molecule has 0 fully saturated rings. The molecule has 0 aromatic heterocycles. The van der Waals surface area contributed by atoms with Crippen molar-refractivity contribution in [2.45, 2.75) is 18.7 Å². The first-order valence-electron chi connectivity index (χ1n) is 6.13. The molecule has 2 rings (SSSR count). The molecule has 0 spiro atoms. The van der Waals surface area contributed by atoms with Gasteiger partial charge in [-0.05, 0) is 35.7 Å². The third-order valence-electron chi connectivity index (χ3n) is 2.89. The van der Waals surface area contributed by atoms with E-state index in [-0.39, 0.29) is 0 Å². The minimum Gasteiger partial charge on any atom is -0.456 e. The molecule has 2 nitrogen and oxygen atoms in total. The average Bonchev–Trinajstić information content (AvgIpc) is 2.48. The van der Waals surface area contributed by atoms with Crippen molar-refractivity contribution in [3.05, 3.63) is 59.2 Å². The van der Waals surface area contributed by atoms with Crippen molar-refractivity contribution in [1.29, 1.82) is 5.26 Å². The van der Waals surface area contributed by atoms with Gasteiger partial charge in [-0.15, -0.1) is 0 Å². The average molecular weight is 316 g/mol. The van der Waals surface area contributed by atoms with Crippen molar-refractivity contribution in [3.8, 4) is 17.6 Å². The smallest absolute Gasteiger partial charge is 0.145 e. The maximum absolute atomic E-state index is 9.20. The molecule has 0 bridgehead atoms. The predicted octanol–water partition coefficient (Wildman–Crippen LogP) is 4.81. The molecule has 0 amide bonds. The molecule has 0 heterocycles. The van der Waals surface area contributed by atoms with Crippen LogP contribution in [0.2, 0.25) is 0 Å². The Labute approximate surface area is 121 Å². The van der Waals surface area contributed by atoms with Crippen LogP contribution >= 0.6 is 15.9 Å². The molecule has 2 aromatic rings. The lowest BCUT2D eigenvalue weighted by Crippen LogP contribution is -1.93. The molecule has 0 aliphatic heterocycles. The van der Waals surface area contributed by atoms with Crippen molar-refractivity contribution in [2.75, 3.05) is 0 Å². The summed E-state index contributed by atoms with van der Waals surface area (Å²) in [5.74, 6) is 1.42. The lowest BCUT2D eigenvalue weighted by molar-refractivity contribution is 0.475. The lowest BCUT2D eigenvalue weighted by Gasteiger charge is -2.11. The highest BCUT2D eigenvalue weighted by atomic mass is 79.9. The summed E-state index contributed by atoms with van der Waals surface area (Å²) in [7, 11) is 0. The van der Waals surface area contributed by atoms with E-state index in [9.17, 15) is 5.26 Å². The van der Waals surface area contributed by atoms with Crippen molar-refractivity contribution in [3.63, 3.8) is 0 Å². The molecule has 96 valence electrons. The van der Waals surface area contributed by atoms with Crippen LogP contribution in [0.4, 0.5) is 0 Å². The van der Waals surface area contributed by atoms with E-state index in [1.165, 1.54) is 0 Å². The van der Waals surface area contributed by atoms with E-state index in [1.807, 2.05) is 42.5 Å². The van der Waals surface area contributed by atoms with Gasteiger partial charge in [-0.3, -0.25) is 0 Å². The van der Waals surface area contributed by atoms with Crippen LogP contribution in [0.25, 0.3) is 0 Å². The first-order valence-corrected chi connectivity index (χ1v) is 7.25. The van der Waals surface area contributed by atoms with Gasteiger partial charge in [-0.25, -0.2) is 0 Å². The van der Waals surface area contributed by atoms with Crippen LogP contribution in [0.15, 0.2) is 42.5 Å². The fraction of sp³-hybridized carbons (Fsp3) is 0.188. The van der Waals surface area contributed by atoms with Gasteiger partial charge in [0, 0.05) is 5.33 Å². The number of hydrogen-bond acceptors (Lipinski definition) is 2. The number of ether oxygens (including phenoxy) is 1. The Balaban J connectivity index is 2.36. The topological polar surface area (TPSA) is 33.0 Å². The fourth-order valence-electron chi connectivity index (χ4n) is 1.85. The van der Waals surface area contributed by atoms with E-state index in [0.29, 0.717) is 11.3 Å². The zero-order valence-corrected chi connectivity index (χ0v) is 12.3. The van der Waals surface area contributed by atoms with Gasteiger partial charge in [0.1, 0.15) is 17.6 Å². The molecule has 0 aliphatic rings. The highest BCUT2D eigenvalue weighted by Gasteiger charge is 2.08. The molecular weight excluding hydrogens is 302 g/mol. The Morgan fingerprint density at radius 3 is 2.63 bits per heavy atom. The zero-order chi connectivity index (χ0) is 13.7. The van der Waals surface area contributed by atoms with Gasteiger partial charge < -0.3 is 4.74 Å². The van der Waals surface area contributed by atoms with Crippen LogP contribution < -0.4 is 4.74 Å². The monoisotopic (exact) mass is 315 g/mol. The number of benzene rings is 2. The Morgan fingerprint density at radius 2 is 1.95 bits per heavy atom. The molecule has 0 saturated heterocycles. The number of hydrogen-bond donors (Lipinski definition) is 0. The third-order valence-corrected chi connectivity index (χ3v) is 3.54. The summed E-state index contributed by atoms with van der Waals surface area (Å²) >= 11 is 3.38. The van der Waals surface area contributed by atoms with Crippen molar-refractivity contribution in [2.24, 2.45) is 0 Å². The molecule has 0 N–H and O–H groups in total. The van der Waals surface area contributed by atoms with Gasteiger partial charge in [0.05, 0.1) is 5.56 Å². The van der Waals surface area contributed by atoms with Crippen molar-refractivity contribution >= 4 is 15.9 Å². The number of alkyl halides is 1. The zero-order valence-electron chi connectivity index (χ0n) is 10.7. The number of nitriles is 1. The highest BCUT2D eigenvalue weighted by Crippen LogP contribution is 2.29. The fourth-order valence-corrected chi connectivity index (χ4v) is 2.20. The second-order valence-electron chi connectivity index (χ2n) is 4.14. The summed E-state index contributed by atoms with van der Waals surface area (Å²) in [6.45, 7) is 2.08. The summed E-state index contributed by atoms with van der Waals surface area (Å²) in [6.07, 6.45) is 0.900. The standard InChI is InChI=1S/C16H14BrNO/c1-2-13-5-3-4-6-15(13)19-16-8-7-12(10-17)9-14(16)11-18/h3-9H,2,10H2,1H3. The van der Waals surface area contributed by atoms with Crippen LogP contribution in [0.1, 0.15) is 23.6 Å². The van der Waals surface area contributed by atoms with E-state index >= 15 is 0 Å². The maximum atomic E-state index is 9.20. The largest absolute Gasteiger partial charge is 0.456 e. The SMILES string of the molecule is CCc1ccccc1Oc1ccc(CBr)cc1C#N. The first kappa shape index (κ1) is 13.6. The maximum Gasteiger partial charge on any atom is 0.145 e. The van der Waals surface area contributed by atoms with Gasteiger partial charge in [0.15, 0.2) is 0 Å². The highest BCUT2D eigenvalue weighted by molar-refractivity contribution is 9.08. The summed E-state index contributed by atoms with van der Waals surface area (Å²) in [6, 6.07) is 15.7. The second-order valence-corrected chi connectivity index (χ2v) is 4.70. The molecule has 3 heteroatoms. The van der Waals surface area contributed by atoms with Gasteiger partial charge in [0.2, 0.25) is 0 Å². The minimum atomic E-state index is 0.558. The number of aryl methyl sites for hydroxylation is 1. The van der Waals surface area contributed by atoms with E-state index in [2.05, 4.69) is 28.9 Å². The van der Waals surface area contributed by atoms with E-state index < -0.39 is 0 Å². The molecule has 19 heavy (non-hydrogen) atoms. The first-order chi connectivity index (χ1) is 9.28. The Bertz CT molecular complexity index is 616. The van der Waals surface area contributed by atoms with E-state index in [4.69, 9.17) is 4.74 Å². The van der Waals surface area contributed by atoms with Crippen LogP contribution in [0.3, 0.4) is 0 Å². The van der Waals surface area contributed by atoms with E-state index in [1.54, 1.807) is 0 Å². The van der Waals surface area contributed by atoms with Crippen LogP contribution in [-0.4, -0.2) is 0 Å². The quantitative estimate of drug-likeness (QED) is 0.759. The van der Waals surface area contributed by atoms with Gasteiger partial charge >= 0.3 is 0 Å². The van der Waals surface area contributed by atoms with Crippen LogP contribution in [0, 0.1) is 11.3 Å². The van der Waals surface area contributed by atoms with Gasteiger partial charge in [0.25, 0.3) is 0 Å². The molecule has 0 saturated carbocycles. The van der Waals surface area contributed by atoms with Crippen LogP contribution in [0.5, 0.6) is 11.5 Å². The summed E-state index contributed by atoms with van der Waals surface area (Å²) in [4.78, 5) is 0. The summed E-state index contributed by atoms with van der Waals surface area (Å²) < 4.78 is 5.88. The Kier molecular flexibility index (Phi) is 4.59. The second kappa shape index (κ2) is 6.40. The Hall–Kier alpha value is -1.79. The predicted molar refractivity (Wildman–Crippen MR) is 79.7 cm³/mol. The lowest BCUT2D eigenvalue weighted by atomic mass is 10.1. The molecule has 2 aromatic carbocycles. The Morgan fingerprint density at radius 1 is 1.16 bits per heavy atom. The van der Waals surface area contributed by atoms with Crippen molar-refractivity contribution < 1.29 is 4.74 Å². The molecular formula is C16H14BrNO. The van der Waals surface area contributed by atoms with E-state index in [0.717, 1.165) is 28.6 Å². The number of nitrogens with zero attached hydrogens (tertiary/aromatic N) is 1. The normalized spacial score (nSPS) is 9.95. The third kappa shape index (κ3) is 3.15.